The Labute approximate surface area is 166 Å². The van der Waals surface area contributed by atoms with Crippen molar-refractivity contribution in [1.29, 1.82) is 0 Å². The molecule has 2 fully saturated rings. The van der Waals surface area contributed by atoms with E-state index in [2.05, 4.69) is 4.98 Å². The average Bonchev–Trinajstić information content (AvgIpc) is 3.17. The Balaban J connectivity index is 1.46. The van der Waals surface area contributed by atoms with Crippen LogP contribution in [0.1, 0.15) is 37.0 Å². The lowest BCUT2D eigenvalue weighted by Gasteiger charge is -2.47. The summed E-state index contributed by atoms with van der Waals surface area (Å²) in [6.07, 6.45) is 4.31. The Kier molecular flexibility index (Phi) is 4.96. The van der Waals surface area contributed by atoms with Crippen molar-refractivity contribution >= 4 is 28.1 Å². The van der Waals surface area contributed by atoms with E-state index >= 15 is 0 Å². The molecular formula is C19H24N4O4S. The maximum Gasteiger partial charge on any atom is 0.271 e. The summed E-state index contributed by atoms with van der Waals surface area (Å²) < 4.78 is 7.47. The molecule has 2 amide bonds. The standard InChI is InChI=1S/C19H24N4O4S/c1-13(2)15(24)22-7-9-27-19(12-22)3-5-21(6-4-19)16(25)14-11-20-18-23(17(14)26)8-10-28-18/h8,10-11,13H,3-7,9,12H2,1-2H3. The Morgan fingerprint density at radius 2 is 1.96 bits per heavy atom. The van der Waals surface area contributed by atoms with Crippen LogP contribution in [0.25, 0.3) is 4.96 Å². The van der Waals surface area contributed by atoms with E-state index in [0.717, 1.165) is 0 Å². The minimum absolute atomic E-state index is 0.0377. The van der Waals surface area contributed by atoms with Gasteiger partial charge in [0.1, 0.15) is 5.56 Å². The third kappa shape index (κ3) is 3.33. The number of nitrogens with zero attached hydrogens (tertiary/aromatic N) is 4. The summed E-state index contributed by atoms with van der Waals surface area (Å²) in [5.74, 6) is -0.187. The third-order valence-corrected chi connectivity index (χ3v) is 6.36. The summed E-state index contributed by atoms with van der Waals surface area (Å²) in [7, 11) is 0. The molecule has 1 spiro atoms. The molecule has 2 aliphatic rings. The number of likely N-dealkylation sites (tertiary alicyclic amines) is 1. The molecule has 4 rings (SSSR count). The summed E-state index contributed by atoms with van der Waals surface area (Å²) in [5, 5.41) is 1.77. The number of carbonyl (C=O) groups excluding carboxylic acids is 2. The second-order valence-corrected chi connectivity index (χ2v) is 8.64. The van der Waals surface area contributed by atoms with Crippen LogP contribution in [0.5, 0.6) is 0 Å². The van der Waals surface area contributed by atoms with Crippen LogP contribution in [0.4, 0.5) is 0 Å². The number of morpholine rings is 1. The van der Waals surface area contributed by atoms with Crippen molar-refractivity contribution in [3.8, 4) is 0 Å². The molecule has 0 saturated carbocycles. The zero-order chi connectivity index (χ0) is 19.9. The van der Waals surface area contributed by atoms with Gasteiger partial charge in [-0.25, -0.2) is 4.98 Å². The second-order valence-electron chi connectivity index (χ2n) is 7.77. The largest absolute Gasteiger partial charge is 0.371 e. The number of amides is 2. The topological polar surface area (TPSA) is 84.2 Å². The molecule has 2 aliphatic heterocycles. The summed E-state index contributed by atoms with van der Waals surface area (Å²) in [4.78, 5) is 46.2. The Morgan fingerprint density at radius 1 is 1.21 bits per heavy atom. The number of fused-ring (bicyclic) bond motifs is 1. The van der Waals surface area contributed by atoms with Crippen LogP contribution < -0.4 is 5.56 Å². The van der Waals surface area contributed by atoms with E-state index in [1.807, 2.05) is 18.7 Å². The summed E-state index contributed by atoms with van der Waals surface area (Å²) in [6, 6.07) is 0. The number of rotatable bonds is 2. The van der Waals surface area contributed by atoms with Crippen LogP contribution in [-0.2, 0) is 9.53 Å². The van der Waals surface area contributed by atoms with Gasteiger partial charge in [-0.2, -0.15) is 0 Å². The van der Waals surface area contributed by atoms with Gasteiger partial charge >= 0.3 is 0 Å². The van der Waals surface area contributed by atoms with Crippen LogP contribution in [0.2, 0.25) is 0 Å². The highest BCUT2D eigenvalue weighted by Gasteiger charge is 2.42. The second kappa shape index (κ2) is 7.29. The molecule has 0 aromatic carbocycles. The SMILES string of the molecule is CC(C)C(=O)N1CCOC2(CCN(C(=O)c3cnc4sccn4c3=O)CC2)C1. The number of piperidine rings is 1. The van der Waals surface area contributed by atoms with Crippen molar-refractivity contribution in [2.24, 2.45) is 5.92 Å². The lowest BCUT2D eigenvalue weighted by Crippen LogP contribution is -2.59. The fraction of sp³-hybridized carbons (Fsp3) is 0.579. The number of carbonyl (C=O) groups is 2. The van der Waals surface area contributed by atoms with Crippen molar-refractivity contribution in [2.75, 3.05) is 32.8 Å². The molecule has 0 aliphatic carbocycles. The number of ether oxygens (including phenoxy) is 1. The number of hydrogen-bond donors (Lipinski definition) is 0. The van der Waals surface area contributed by atoms with Gasteiger partial charge in [-0.05, 0) is 12.8 Å². The first kappa shape index (κ1) is 19.1. The maximum atomic E-state index is 12.9. The van der Waals surface area contributed by atoms with E-state index in [0.29, 0.717) is 50.6 Å². The van der Waals surface area contributed by atoms with Gasteiger partial charge in [-0.3, -0.25) is 18.8 Å². The van der Waals surface area contributed by atoms with Crippen molar-refractivity contribution in [1.82, 2.24) is 19.2 Å². The molecule has 28 heavy (non-hydrogen) atoms. The Bertz CT molecular complexity index is 958. The first-order valence-corrected chi connectivity index (χ1v) is 10.5. The fourth-order valence-corrected chi connectivity index (χ4v) is 4.63. The van der Waals surface area contributed by atoms with Crippen LogP contribution in [0.3, 0.4) is 0 Å². The van der Waals surface area contributed by atoms with E-state index in [4.69, 9.17) is 4.74 Å². The molecule has 0 N–H and O–H groups in total. The monoisotopic (exact) mass is 404 g/mol. The first-order chi connectivity index (χ1) is 13.4. The van der Waals surface area contributed by atoms with Gasteiger partial charge in [-0.1, -0.05) is 13.8 Å². The molecule has 0 bridgehead atoms. The van der Waals surface area contributed by atoms with Gasteiger partial charge in [0.25, 0.3) is 11.5 Å². The maximum absolute atomic E-state index is 12.9. The summed E-state index contributed by atoms with van der Waals surface area (Å²) in [5.41, 5.74) is -0.642. The van der Waals surface area contributed by atoms with Gasteiger partial charge in [-0.15, -0.1) is 11.3 Å². The van der Waals surface area contributed by atoms with Crippen molar-refractivity contribution < 1.29 is 14.3 Å². The van der Waals surface area contributed by atoms with E-state index in [1.165, 1.54) is 21.9 Å². The predicted molar refractivity (Wildman–Crippen MR) is 105 cm³/mol. The molecule has 2 aromatic rings. The lowest BCUT2D eigenvalue weighted by atomic mass is 9.88. The molecule has 0 atom stereocenters. The Hall–Kier alpha value is -2.26. The minimum atomic E-state index is -0.399. The smallest absolute Gasteiger partial charge is 0.271 e. The van der Waals surface area contributed by atoms with Gasteiger partial charge in [0.2, 0.25) is 5.91 Å². The van der Waals surface area contributed by atoms with Crippen molar-refractivity contribution in [3.63, 3.8) is 0 Å². The summed E-state index contributed by atoms with van der Waals surface area (Å²) in [6.45, 7) is 6.50. The molecule has 2 aromatic heterocycles. The molecule has 4 heterocycles. The molecule has 9 heteroatoms. The van der Waals surface area contributed by atoms with E-state index in [-0.39, 0.29) is 28.9 Å². The lowest BCUT2D eigenvalue weighted by molar-refractivity contribution is -0.160. The van der Waals surface area contributed by atoms with E-state index < -0.39 is 5.60 Å². The molecule has 150 valence electrons. The van der Waals surface area contributed by atoms with E-state index in [1.54, 1.807) is 16.5 Å². The van der Waals surface area contributed by atoms with Crippen molar-refractivity contribution in [3.05, 3.63) is 33.7 Å². The molecule has 0 radical (unpaired) electrons. The fourth-order valence-electron chi connectivity index (χ4n) is 3.96. The van der Waals surface area contributed by atoms with E-state index in [9.17, 15) is 14.4 Å². The molecule has 2 saturated heterocycles. The number of aromatic nitrogens is 2. The van der Waals surface area contributed by atoms with Crippen molar-refractivity contribution in [2.45, 2.75) is 32.3 Å². The number of thiazole rings is 1. The third-order valence-electron chi connectivity index (χ3n) is 5.59. The highest BCUT2D eigenvalue weighted by Crippen LogP contribution is 2.31. The molecule has 0 unspecified atom stereocenters. The normalized spacial score (nSPS) is 19.5. The highest BCUT2D eigenvalue weighted by atomic mass is 32.1. The van der Waals surface area contributed by atoms with Gasteiger partial charge in [0, 0.05) is 49.9 Å². The minimum Gasteiger partial charge on any atom is -0.371 e. The van der Waals surface area contributed by atoms with Crippen LogP contribution >= 0.6 is 11.3 Å². The first-order valence-electron chi connectivity index (χ1n) is 9.57. The zero-order valence-electron chi connectivity index (χ0n) is 16.1. The van der Waals surface area contributed by atoms with Gasteiger partial charge in [0.05, 0.1) is 12.2 Å². The van der Waals surface area contributed by atoms with Crippen LogP contribution in [-0.4, -0.2) is 69.4 Å². The zero-order valence-corrected chi connectivity index (χ0v) is 16.9. The van der Waals surface area contributed by atoms with Gasteiger partial charge < -0.3 is 14.5 Å². The average molecular weight is 404 g/mol. The number of hydrogen-bond acceptors (Lipinski definition) is 6. The molecular weight excluding hydrogens is 380 g/mol. The summed E-state index contributed by atoms with van der Waals surface area (Å²) >= 11 is 1.35. The van der Waals surface area contributed by atoms with Crippen LogP contribution in [0, 0.1) is 5.92 Å². The predicted octanol–water partition coefficient (Wildman–Crippen LogP) is 1.25. The molecule has 8 nitrogen and oxygen atoms in total. The van der Waals surface area contributed by atoms with Crippen LogP contribution in [0.15, 0.2) is 22.6 Å². The highest BCUT2D eigenvalue weighted by molar-refractivity contribution is 7.15. The van der Waals surface area contributed by atoms with Gasteiger partial charge in [0.15, 0.2) is 4.96 Å². The Morgan fingerprint density at radius 3 is 2.68 bits per heavy atom. The quantitative estimate of drug-likeness (QED) is 0.752.